The van der Waals surface area contributed by atoms with Crippen molar-refractivity contribution < 1.29 is 9.47 Å². The third kappa shape index (κ3) is 3.53. The monoisotopic (exact) mass is 284 g/mol. The van der Waals surface area contributed by atoms with Crippen molar-refractivity contribution in [2.24, 2.45) is 0 Å². The van der Waals surface area contributed by atoms with Crippen LogP contribution in [-0.4, -0.2) is 7.11 Å². The molecule has 0 aliphatic rings. The molecule has 4 nitrogen and oxygen atoms in total. The highest BCUT2D eigenvalue weighted by molar-refractivity contribution is 8.03. The van der Waals surface area contributed by atoms with Gasteiger partial charge in [-0.3, -0.25) is 0 Å². The summed E-state index contributed by atoms with van der Waals surface area (Å²) in [4.78, 5) is 0.450. The maximum Gasteiger partial charge on any atom is 0.256 e. The van der Waals surface area contributed by atoms with Gasteiger partial charge in [0, 0.05) is 12.1 Å². The fourth-order valence-electron chi connectivity index (χ4n) is 1.54. The van der Waals surface area contributed by atoms with E-state index in [9.17, 15) is 5.21 Å². The maximum absolute atomic E-state index is 11.5. The molecule has 2 rings (SSSR count). The normalized spacial score (nSPS) is 10.9. The largest absolute Gasteiger partial charge is 0.618 e. The van der Waals surface area contributed by atoms with E-state index in [0.29, 0.717) is 9.93 Å². The predicted octanol–water partition coefficient (Wildman–Crippen LogP) is 2.99. The Hall–Kier alpha value is -2.45. The van der Waals surface area contributed by atoms with Crippen LogP contribution < -0.4 is 9.47 Å². The lowest BCUT2D eigenvalue weighted by atomic mass is 10.2. The standard InChI is InChI=1S/C15H12N2O2S/c1-19-13-7-5-12(6-8-13)10-14(11-16)20-15-4-2-3-9-17(15)18/h2-10H,1H3/b14-10+. The Labute approximate surface area is 121 Å². The zero-order valence-electron chi connectivity index (χ0n) is 10.8. The summed E-state index contributed by atoms with van der Waals surface area (Å²) in [7, 11) is 1.60. The number of hydrogen-bond acceptors (Lipinski definition) is 4. The van der Waals surface area contributed by atoms with E-state index in [-0.39, 0.29) is 0 Å². The molecule has 0 spiro atoms. The highest BCUT2D eigenvalue weighted by atomic mass is 32.2. The number of rotatable bonds is 4. The number of hydrogen-bond donors (Lipinski definition) is 0. The third-order valence-corrected chi connectivity index (χ3v) is 3.48. The smallest absolute Gasteiger partial charge is 0.256 e. The molecule has 0 atom stereocenters. The summed E-state index contributed by atoms with van der Waals surface area (Å²) in [5.74, 6) is 0.758. The molecule has 0 aliphatic carbocycles. The van der Waals surface area contributed by atoms with Crippen LogP contribution in [0.1, 0.15) is 5.56 Å². The lowest BCUT2D eigenvalue weighted by Crippen LogP contribution is -2.27. The number of thioether (sulfide) groups is 1. The van der Waals surface area contributed by atoms with Gasteiger partial charge < -0.3 is 9.94 Å². The van der Waals surface area contributed by atoms with Gasteiger partial charge in [0.15, 0.2) is 6.20 Å². The first-order valence-electron chi connectivity index (χ1n) is 5.85. The summed E-state index contributed by atoms with van der Waals surface area (Å²) < 4.78 is 5.82. The van der Waals surface area contributed by atoms with Gasteiger partial charge in [-0.15, -0.1) is 0 Å². The summed E-state index contributed by atoms with van der Waals surface area (Å²) in [6.07, 6.45) is 3.14. The average Bonchev–Trinajstić information content (AvgIpc) is 2.49. The van der Waals surface area contributed by atoms with Gasteiger partial charge in [-0.2, -0.15) is 9.99 Å². The van der Waals surface area contributed by atoms with Gasteiger partial charge in [0.1, 0.15) is 11.8 Å². The van der Waals surface area contributed by atoms with Crippen LogP contribution in [-0.2, 0) is 0 Å². The Balaban J connectivity index is 2.21. The lowest BCUT2D eigenvalue weighted by molar-refractivity contribution is -0.645. The van der Waals surface area contributed by atoms with Gasteiger partial charge in [-0.25, -0.2) is 0 Å². The van der Waals surface area contributed by atoms with Gasteiger partial charge in [-0.1, -0.05) is 12.1 Å². The Morgan fingerprint density at radius 3 is 2.65 bits per heavy atom. The number of pyridine rings is 1. The number of ether oxygens (including phenoxy) is 1. The minimum atomic E-state index is 0.450. The van der Waals surface area contributed by atoms with Crippen molar-refractivity contribution in [1.29, 1.82) is 5.26 Å². The predicted molar refractivity (Wildman–Crippen MR) is 77.8 cm³/mol. The molecule has 0 radical (unpaired) electrons. The van der Waals surface area contributed by atoms with Crippen LogP contribution in [0.4, 0.5) is 0 Å². The fourth-order valence-corrected chi connectivity index (χ4v) is 2.30. The highest BCUT2D eigenvalue weighted by Gasteiger charge is 2.08. The fraction of sp³-hybridized carbons (Fsp3) is 0.0667. The number of aromatic nitrogens is 1. The van der Waals surface area contributed by atoms with E-state index in [4.69, 9.17) is 10.00 Å². The molecule has 0 unspecified atom stereocenters. The van der Waals surface area contributed by atoms with Crippen LogP contribution in [0.3, 0.4) is 0 Å². The molecule has 5 heteroatoms. The molecule has 2 aromatic rings. The zero-order chi connectivity index (χ0) is 14.4. The van der Waals surface area contributed by atoms with Gasteiger partial charge in [0.2, 0.25) is 0 Å². The molecule has 0 bridgehead atoms. The van der Waals surface area contributed by atoms with E-state index < -0.39 is 0 Å². The van der Waals surface area contributed by atoms with Crippen LogP contribution in [0, 0.1) is 16.5 Å². The summed E-state index contributed by atoms with van der Waals surface area (Å²) in [6.45, 7) is 0. The first-order valence-corrected chi connectivity index (χ1v) is 6.66. The Morgan fingerprint density at radius 2 is 2.05 bits per heavy atom. The van der Waals surface area contributed by atoms with Crippen molar-refractivity contribution in [1.82, 2.24) is 0 Å². The van der Waals surface area contributed by atoms with Crippen molar-refractivity contribution >= 4 is 17.8 Å². The van der Waals surface area contributed by atoms with E-state index in [1.54, 1.807) is 31.4 Å². The number of nitriles is 1. The molecule has 0 saturated carbocycles. The van der Waals surface area contributed by atoms with E-state index in [2.05, 4.69) is 6.07 Å². The minimum absolute atomic E-state index is 0.450. The summed E-state index contributed by atoms with van der Waals surface area (Å²) in [5, 5.41) is 21.2. The molecule has 0 fully saturated rings. The van der Waals surface area contributed by atoms with Gasteiger partial charge >= 0.3 is 0 Å². The number of allylic oxidation sites excluding steroid dienone is 1. The summed E-state index contributed by atoms with van der Waals surface area (Å²) >= 11 is 1.14. The molecule has 0 amide bonds. The van der Waals surface area contributed by atoms with Crippen LogP contribution in [0.5, 0.6) is 5.75 Å². The molecule has 0 aliphatic heterocycles. The van der Waals surface area contributed by atoms with E-state index in [1.807, 2.05) is 24.3 Å². The SMILES string of the molecule is COc1ccc(/C=C(\C#N)Sc2cccc[n+]2[O-])cc1. The average molecular weight is 284 g/mol. The van der Waals surface area contributed by atoms with Crippen LogP contribution in [0.2, 0.25) is 0 Å². The van der Waals surface area contributed by atoms with E-state index in [0.717, 1.165) is 27.8 Å². The Kier molecular flexibility index (Phi) is 4.64. The number of methoxy groups -OCH3 is 1. The second kappa shape index (κ2) is 6.64. The van der Waals surface area contributed by atoms with E-state index >= 15 is 0 Å². The van der Waals surface area contributed by atoms with Crippen molar-refractivity contribution in [3.63, 3.8) is 0 Å². The summed E-state index contributed by atoms with van der Waals surface area (Å²) in [6, 6.07) is 14.5. The first kappa shape index (κ1) is 14.0. The van der Waals surface area contributed by atoms with Crippen molar-refractivity contribution in [3.05, 3.63) is 64.3 Å². The quantitative estimate of drug-likeness (QED) is 0.375. The molecule has 0 saturated heterocycles. The van der Waals surface area contributed by atoms with Crippen LogP contribution in [0.25, 0.3) is 6.08 Å². The van der Waals surface area contributed by atoms with Crippen molar-refractivity contribution in [2.75, 3.05) is 7.11 Å². The second-order valence-corrected chi connectivity index (χ2v) is 4.92. The molecular formula is C15H12N2O2S. The third-order valence-electron chi connectivity index (χ3n) is 2.53. The molecule has 0 N–H and O–H groups in total. The molecule has 20 heavy (non-hydrogen) atoms. The Bertz CT molecular complexity index is 660. The second-order valence-electron chi connectivity index (χ2n) is 3.86. The Morgan fingerprint density at radius 1 is 1.30 bits per heavy atom. The zero-order valence-corrected chi connectivity index (χ0v) is 11.6. The highest BCUT2D eigenvalue weighted by Crippen LogP contribution is 2.25. The van der Waals surface area contributed by atoms with Crippen molar-refractivity contribution in [2.45, 2.75) is 5.03 Å². The molecule has 1 heterocycles. The lowest BCUT2D eigenvalue weighted by Gasteiger charge is -2.02. The molecule has 1 aromatic heterocycles. The first-order chi connectivity index (χ1) is 9.72. The van der Waals surface area contributed by atoms with Crippen LogP contribution in [0.15, 0.2) is 58.6 Å². The topological polar surface area (TPSA) is 60.0 Å². The summed E-state index contributed by atoms with van der Waals surface area (Å²) in [5.41, 5.74) is 0.878. The van der Waals surface area contributed by atoms with Gasteiger partial charge in [-0.05, 0) is 41.6 Å². The molecule has 100 valence electrons. The molecular weight excluding hydrogens is 272 g/mol. The number of benzene rings is 1. The molecule has 1 aromatic carbocycles. The van der Waals surface area contributed by atoms with Crippen LogP contribution >= 0.6 is 11.8 Å². The maximum atomic E-state index is 11.5. The van der Waals surface area contributed by atoms with Gasteiger partial charge in [0.25, 0.3) is 5.03 Å². The van der Waals surface area contributed by atoms with E-state index in [1.165, 1.54) is 6.20 Å². The minimum Gasteiger partial charge on any atom is -0.618 e. The van der Waals surface area contributed by atoms with Gasteiger partial charge in [0.05, 0.1) is 12.0 Å². The van der Waals surface area contributed by atoms with Crippen molar-refractivity contribution in [3.8, 4) is 11.8 Å². The number of nitrogens with zero attached hydrogens (tertiary/aromatic N) is 2.